The number of hydrogen-bond donors (Lipinski definition) is 1. The summed E-state index contributed by atoms with van der Waals surface area (Å²) in [5.41, 5.74) is 0.469. The molecule has 1 saturated heterocycles. The fraction of sp³-hybridized carbons (Fsp3) is 0.571. The normalized spacial score (nSPS) is 19.6. The van der Waals surface area contributed by atoms with E-state index in [0.717, 1.165) is 44.5 Å². The van der Waals surface area contributed by atoms with E-state index in [-0.39, 0.29) is 12.4 Å². The van der Waals surface area contributed by atoms with Gasteiger partial charge in [0.2, 0.25) is 0 Å². The number of hydrogen-bond acceptors (Lipinski definition) is 2. The van der Waals surface area contributed by atoms with Crippen molar-refractivity contribution in [1.82, 2.24) is 10.2 Å². The van der Waals surface area contributed by atoms with E-state index in [1.165, 1.54) is 0 Å². The van der Waals surface area contributed by atoms with Crippen molar-refractivity contribution in [3.05, 3.63) is 35.1 Å². The van der Waals surface area contributed by atoms with E-state index in [2.05, 4.69) is 10.2 Å². The van der Waals surface area contributed by atoms with Crippen molar-refractivity contribution in [2.75, 3.05) is 20.1 Å². The topological polar surface area (TPSA) is 15.3 Å². The summed E-state index contributed by atoms with van der Waals surface area (Å²) in [5.74, 6) is -3.64. The molecular formula is C14H20ClF3N2. The standard InChI is InChI=1S/C14H19F3N2.ClH/c1-19(11-3-2-5-18-6-4-11)9-10-7-12(15)14(17)13(16)8-10;/h7-8,11,18H,2-6,9H2,1H3;1H. The van der Waals surface area contributed by atoms with Crippen LogP contribution < -0.4 is 5.32 Å². The van der Waals surface area contributed by atoms with Crippen LogP contribution in [0.15, 0.2) is 12.1 Å². The zero-order valence-electron chi connectivity index (χ0n) is 11.5. The van der Waals surface area contributed by atoms with E-state index >= 15 is 0 Å². The lowest BCUT2D eigenvalue weighted by atomic mass is 10.1. The van der Waals surface area contributed by atoms with Gasteiger partial charge < -0.3 is 5.32 Å². The minimum absolute atomic E-state index is 0. The van der Waals surface area contributed by atoms with E-state index in [0.29, 0.717) is 18.2 Å². The van der Waals surface area contributed by atoms with Gasteiger partial charge in [-0.25, -0.2) is 13.2 Å². The summed E-state index contributed by atoms with van der Waals surface area (Å²) in [5, 5.41) is 3.33. The minimum Gasteiger partial charge on any atom is -0.317 e. The first-order chi connectivity index (χ1) is 9.08. The molecule has 1 heterocycles. The van der Waals surface area contributed by atoms with Crippen LogP contribution in [0, 0.1) is 17.5 Å². The molecule has 1 fully saturated rings. The molecule has 1 aromatic carbocycles. The molecule has 0 amide bonds. The Balaban J connectivity index is 0.00000200. The molecule has 2 rings (SSSR count). The second-order valence-corrected chi connectivity index (χ2v) is 5.12. The second-order valence-electron chi connectivity index (χ2n) is 5.12. The highest BCUT2D eigenvalue weighted by Gasteiger charge is 2.18. The number of nitrogens with one attached hydrogen (secondary N) is 1. The lowest BCUT2D eigenvalue weighted by Crippen LogP contribution is -2.32. The van der Waals surface area contributed by atoms with Crippen molar-refractivity contribution in [2.24, 2.45) is 0 Å². The molecule has 6 heteroatoms. The third kappa shape index (κ3) is 4.36. The maximum absolute atomic E-state index is 13.2. The highest BCUT2D eigenvalue weighted by atomic mass is 35.5. The highest BCUT2D eigenvalue weighted by molar-refractivity contribution is 5.85. The molecule has 0 saturated carbocycles. The molecule has 0 bridgehead atoms. The summed E-state index contributed by atoms with van der Waals surface area (Å²) in [6.45, 7) is 2.41. The van der Waals surface area contributed by atoms with Crippen molar-refractivity contribution < 1.29 is 13.2 Å². The second kappa shape index (κ2) is 7.86. The summed E-state index contributed by atoms with van der Waals surface area (Å²) < 4.78 is 39.2. The lowest BCUT2D eigenvalue weighted by molar-refractivity contribution is 0.216. The fourth-order valence-corrected chi connectivity index (χ4v) is 2.56. The molecule has 1 N–H and O–H groups in total. The molecule has 1 aromatic rings. The largest absolute Gasteiger partial charge is 0.317 e. The molecule has 0 aliphatic carbocycles. The van der Waals surface area contributed by atoms with Crippen LogP contribution in [0.4, 0.5) is 13.2 Å². The lowest BCUT2D eigenvalue weighted by Gasteiger charge is -2.26. The van der Waals surface area contributed by atoms with Crippen LogP contribution >= 0.6 is 12.4 Å². The van der Waals surface area contributed by atoms with Crippen LogP contribution in [-0.4, -0.2) is 31.1 Å². The van der Waals surface area contributed by atoms with Crippen molar-refractivity contribution >= 4 is 12.4 Å². The molecular weight excluding hydrogens is 289 g/mol. The van der Waals surface area contributed by atoms with Crippen LogP contribution in [0.3, 0.4) is 0 Å². The Morgan fingerprint density at radius 3 is 2.45 bits per heavy atom. The average molecular weight is 309 g/mol. The van der Waals surface area contributed by atoms with Crippen molar-refractivity contribution in [3.63, 3.8) is 0 Å². The fourth-order valence-electron chi connectivity index (χ4n) is 2.56. The van der Waals surface area contributed by atoms with Gasteiger partial charge in [0.05, 0.1) is 0 Å². The first kappa shape index (κ1) is 17.3. The van der Waals surface area contributed by atoms with Gasteiger partial charge in [-0.2, -0.15) is 0 Å². The van der Waals surface area contributed by atoms with E-state index in [4.69, 9.17) is 0 Å². The predicted octanol–water partition coefficient (Wildman–Crippen LogP) is 3.10. The van der Waals surface area contributed by atoms with Crippen LogP contribution in [0.2, 0.25) is 0 Å². The number of rotatable bonds is 3. The van der Waals surface area contributed by atoms with Gasteiger partial charge >= 0.3 is 0 Å². The van der Waals surface area contributed by atoms with Crippen molar-refractivity contribution in [1.29, 1.82) is 0 Å². The maximum Gasteiger partial charge on any atom is 0.194 e. The molecule has 1 atom stereocenters. The SMILES string of the molecule is CN(Cc1cc(F)c(F)c(F)c1)C1CCCNCC1.Cl. The van der Waals surface area contributed by atoms with Gasteiger partial charge in [-0.05, 0) is 57.1 Å². The molecule has 0 radical (unpaired) electrons. The summed E-state index contributed by atoms with van der Waals surface area (Å²) in [7, 11) is 1.94. The Hall–Kier alpha value is -0.780. The maximum atomic E-state index is 13.2. The third-order valence-corrected chi connectivity index (χ3v) is 3.64. The zero-order valence-corrected chi connectivity index (χ0v) is 12.3. The quantitative estimate of drug-likeness (QED) is 0.863. The number of halogens is 4. The van der Waals surface area contributed by atoms with Gasteiger partial charge in [0, 0.05) is 12.6 Å². The van der Waals surface area contributed by atoms with Gasteiger partial charge in [0.25, 0.3) is 0 Å². The minimum atomic E-state index is -1.40. The van der Waals surface area contributed by atoms with Gasteiger partial charge in [-0.3, -0.25) is 4.90 Å². The van der Waals surface area contributed by atoms with E-state index in [9.17, 15) is 13.2 Å². The van der Waals surface area contributed by atoms with Gasteiger partial charge in [0.1, 0.15) is 0 Å². The van der Waals surface area contributed by atoms with Gasteiger partial charge in [0.15, 0.2) is 17.5 Å². The zero-order chi connectivity index (χ0) is 13.8. The Kier molecular flexibility index (Phi) is 6.79. The van der Waals surface area contributed by atoms with Crippen LogP contribution in [0.5, 0.6) is 0 Å². The van der Waals surface area contributed by atoms with Crippen LogP contribution in [0.25, 0.3) is 0 Å². The Morgan fingerprint density at radius 2 is 1.80 bits per heavy atom. The smallest absolute Gasteiger partial charge is 0.194 e. The molecule has 2 nitrogen and oxygen atoms in total. The van der Waals surface area contributed by atoms with Gasteiger partial charge in [-0.15, -0.1) is 12.4 Å². The Labute approximate surface area is 123 Å². The van der Waals surface area contributed by atoms with Crippen LogP contribution in [0.1, 0.15) is 24.8 Å². The van der Waals surface area contributed by atoms with E-state index in [1.807, 2.05) is 7.05 Å². The first-order valence-electron chi connectivity index (χ1n) is 6.62. The molecule has 114 valence electrons. The molecule has 1 aliphatic heterocycles. The first-order valence-corrected chi connectivity index (χ1v) is 6.62. The monoisotopic (exact) mass is 308 g/mol. The van der Waals surface area contributed by atoms with Crippen LogP contribution in [-0.2, 0) is 6.54 Å². The third-order valence-electron chi connectivity index (χ3n) is 3.64. The predicted molar refractivity (Wildman–Crippen MR) is 75.5 cm³/mol. The van der Waals surface area contributed by atoms with Gasteiger partial charge in [-0.1, -0.05) is 0 Å². The Bertz CT molecular complexity index is 411. The van der Waals surface area contributed by atoms with E-state index < -0.39 is 17.5 Å². The average Bonchev–Trinajstić information content (AvgIpc) is 2.64. The molecule has 20 heavy (non-hydrogen) atoms. The van der Waals surface area contributed by atoms with Crippen molar-refractivity contribution in [3.8, 4) is 0 Å². The molecule has 0 spiro atoms. The van der Waals surface area contributed by atoms with E-state index in [1.54, 1.807) is 0 Å². The highest BCUT2D eigenvalue weighted by Crippen LogP contribution is 2.18. The molecule has 0 aromatic heterocycles. The Morgan fingerprint density at radius 1 is 1.15 bits per heavy atom. The number of benzene rings is 1. The number of nitrogens with zero attached hydrogens (tertiary/aromatic N) is 1. The molecule has 1 aliphatic rings. The summed E-state index contributed by atoms with van der Waals surface area (Å²) in [4.78, 5) is 2.08. The molecule has 1 unspecified atom stereocenters. The summed E-state index contributed by atoms with van der Waals surface area (Å²) in [6.07, 6.45) is 3.18. The van der Waals surface area contributed by atoms with Crippen molar-refractivity contribution in [2.45, 2.75) is 31.8 Å². The summed E-state index contributed by atoms with van der Waals surface area (Å²) >= 11 is 0. The summed E-state index contributed by atoms with van der Waals surface area (Å²) in [6, 6.07) is 2.54.